The van der Waals surface area contributed by atoms with E-state index in [0.717, 1.165) is 12.8 Å². The average molecular weight is 351 g/mol. The van der Waals surface area contributed by atoms with Gasteiger partial charge in [-0.1, -0.05) is 64.7 Å². The van der Waals surface area contributed by atoms with Gasteiger partial charge < -0.3 is 4.55 Å². The van der Waals surface area contributed by atoms with Gasteiger partial charge >= 0.3 is 58.2 Å². The van der Waals surface area contributed by atoms with Gasteiger partial charge in [-0.3, -0.25) is 4.18 Å². The Kier molecular flexibility index (Phi) is 18.4. The van der Waals surface area contributed by atoms with Gasteiger partial charge in [0.1, 0.15) is 0 Å². The molecule has 0 N–H and O–H groups in total. The summed E-state index contributed by atoms with van der Waals surface area (Å²) < 4.78 is 34.5. The summed E-state index contributed by atoms with van der Waals surface area (Å²) in [5.74, 6) is 0. The van der Waals surface area contributed by atoms with Crippen molar-refractivity contribution in [1.82, 2.24) is 0 Å². The van der Waals surface area contributed by atoms with Crippen LogP contribution in [-0.4, -0.2) is 19.6 Å². The van der Waals surface area contributed by atoms with Gasteiger partial charge in [0, 0.05) is 0 Å². The summed E-state index contributed by atoms with van der Waals surface area (Å²) in [5.41, 5.74) is 0. The van der Waals surface area contributed by atoms with Gasteiger partial charge in [-0.05, 0) is 6.42 Å². The van der Waals surface area contributed by atoms with E-state index in [1.165, 1.54) is 44.9 Å². The van der Waals surface area contributed by atoms with E-state index in [4.69, 9.17) is 0 Å². The summed E-state index contributed by atoms with van der Waals surface area (Å²) >= 11 is 0. The molecule has 0 unspecified atom stereocenters. The predicted octanol–water partition coefficient (Wildman–Crippen LogP) is 0.388. The zero-order valence-corrected chi connectivity index (χ0v) is 17.6. The Morgan fingerprint density at radius 1 is 0.833 bits per heavy atom. The van der Waals surface area contributed by atoms with Gasteiger partial charge in [0.05, 0.1) is 6.61 Å². The summed E-state index contributed by atoms with van der Waals surface area (Å²) in [7, 11) is -4.48. The van der Waals surface area contributed by atoms with E-state index in [2.05, 4.69) is 11.1 Å². The van der Waals surface area contributed by atoms with Crippen LogP contribution in [-0.2, 0) is 14.6 Å². The van der Waals surface area contributed by atoms with Gasteiger partial charge in [0.25, 0.3) is 0 Å². The molecule has 0 spiro atoms. The normalized spacial score (nSPS) is 11.2. The molecule has 0 fully saturated rings. The molecule has 0 aromatic heterocycles. The van der Waals surface area contributed by atoms with Crippen LogP contribution < -0.4 is 58.2 Å². The summed E-state index contributed by atoms with van der Waals surface area (Å²) in [5, 5.41) is 0. The molecule has 0 rings (SSSR count). The molecule has 0 radical (unpaired) electrons. The third-order valence-corrected chi connectivity index (χ3v) is 3.18. The third kappa shape index (κ3) is 20.0. The molecule has 0 heterocycles. The first-order valence-corrected chi connectivity index (χ1v) is 8.00. The van der Waals surface area contributed by atoms with Crippen LogP contribution in [0.2, 0.25) is 0 Å². The first-order valence-electron chi connectivity index (χ1n) is 6.66. The zero-order valence-electron chi connectivity index (χ0n) is 11.8. The Morgan fingerprint density at radius 2 is 1.22 bits per heavy atom. The van der Waals surface area contributed by atoms with Crippen molar-refractivity contribution in [2.45, 2.75) is 71.1 Å². The van der Waals surface area contributed by atoms with Crippen LogP contribution in [0.4, 0.5) is 0 Å². The van der Waals surface area contributed by atoms with E-state index in [1.807, 2.05) is 0 Å². The fourth-order valence-electron chi connectivity index (χ4n) is 1.75. The zero-order chi connectivity index (χ0) is 13.0. The van der Waals surface area contributed by atoms with E-state index in [-0.39, 0.29) is 64.8 Å². The summed E-state index contributed by atoms with van der Waals surface area (Å²) in [6, 6.07) is 0. The standard InChI is InChI=1S/C12H26O4S.Rb/c1-2-3-4-5-6-7-8-9-10-11-12-16-17(13,14)15;/h2-12H2,1H3,(H,13,14,15);/q;+1/p-1. The molecule has 0 saturated heterocycles. The smallest absolute Gasteiger partial charge is 0.726 e. The Morgan fingerprint density at radius 3 is 1.61 bits per heavy atom. The van der Waals surface area contributed by atoms with Crippen LogP contribution in [0.1, 0.15) is 71.1 Å². The van der Waals surface area contributed by atoms with E-state index < -0.39 is 10.4 Å². The van der Waals surface area contributed by atoms with Gasteiger partial charge in [-0.25, -0.2) is 8.42 Å². The van der Waals surface area contributed by atoms with Crippen molar-refractivity contribution in [3.05, 3.63) is 0 Å². The second-order valence-corrected chi connectivity index (χ2v) is 5.46. The Hall–Kier alpha value is 1.68. The maximum absolute atomic E-state index is 10.1. The van der Waals surface area contributed by atoms with Crippen molar-refractivity contribution in [2.24, 2.45) is 0 Å². The number of hydrogen-bond acceptors (Lipinski definition) is 4. The average Bonchev–Trinajstić information content (AvgIpc) is 2.24. The molecule has 0 aliphatic rings. The van der Waals surface area contributed by atoms with E-state index in [9.17, 15) is 13.0 Å². The fraction of sp³-hybridized carbons (Fsp3) is 1.00. The van der Waals surface area contributed by atoms with Crippen LogP contribution >= 0.6 is 0 Å². The Balaban J connectivity index is 0. The van der Waals surface area contributed by atoms with Gasteiger partial charge in [-0.2, -0.15) is 0 Å². The SMILES string of the molecule is CCCCCCCCCCCCOS(=O)(=O)[O-].[Rb+]. The number of rotatable bonds is 12. The molecule has 0 saturated carbocycles. The molecule has 0 bridgehead atoms. The van der Waals surface area contributed by atoms with Crippen molar-refractivity contribution >= 4 is 10.4 Å². The molecule has 0 aromatic carbocycles. The number of unbranched alkanes of at least 4 members (excludes halogenated alkanes) is 9. The maximum Gasteiger partial charge on any atom is 1.00 e. The summed E-state index contributed by atoms with van der Waals surface area (Å²) in [6.07, 6.45) is 11.7. The third-order valence-electron chi connectivity index (χ3n) is 2.73. The van der Waals surface area contributed by atoms with Crippen molar-refractivity contribution in [3.8, 4) is 0 Å². The topological polar surface area (TPSA) is 66.4 Å². The van der Waals surface area contributed by atoms with Crippen molar-refractivity contribution in [1.29, 1.82) is 0 Å². The first-order chi connectivity index (χ1) is 8.06. The minimum absolute atomic E-state index is 0. The molecule has 0 aromatic rings. The fourth-order valence-corrected chi connectivity index (χ4v) is 2.07. The van der Waals surface area contributed by atoms with Gasteiger partial charge in [-0.15, -0.1) is 0 Å². The number of hydrogen-bond donors (Lipinski definition) is 0. The van der Waals surface area contributed by atoms with Crippen molar-refractivity contribution < 1.29 is 75.3 Å². The van der Waals surface area contributed by atoms with Crippen LogP contribution in [0.15, 0.2) is 0 Å². The van der Waals surface area contributed by atoms with Crippen LogP contribution in [0.5, 0.6) is 0 Å². The molecule has 0 amide bonds. The molecule has 0 atom stereocenters. The van der Waals surface area contributed by atoms with Gasteiger partial charge in [0.2, 0.25) is 10.4 Å². The molecule has 18 heavy (non-hydrogen) atoms. The molecule has 6 heteroatoms. The summed E-state index contributed by atoms with van der Waals surface area (Å²) in [6.45, 7) is 2.24. The Labute approximate surface area is 161 Å². The van der Waals surface area contributed by atoms with Crippen LogP contribution in [0.3, 0.4) is 0 Å². The molecular formula is C12H25O4RbS. The molecule has 0 aliphatic carbocycles. The van der Waals surface area contributed by atoms with Crippen molar-refractivity contribution in [2.75, 3.05) is 6.61 Å². The maximum atomic E-state index is 10.1. The second-order valence-electron chi connectivity index (χ2n) is 4.41. The largest absolute Gasteiger partial charge is 1.00 e. The minimum atomic E-state index is -4.48. The van der Waals surface area contributed by atoms with E-state index in [1.54, 1.807) is 0 Å². The van der Waals surface area contributed by atoms with Gasteiger partial charge in [0.15, 0.2) is 0 Å². The molecule has 104 valence electrons. The Bertz CT molecular complexity index is 255. The minimum Gasteiger partial charge on any atom is -0.726 e. The predicted molar refractivity (Wildman–Crippen MR) is 67.5 cm³/mol. The molecule has 0 aliphatic heterocycles. The molecule has 4 nitrogen and oxygen atoms in total. The van der Waals surface area contributed by atoms with E-state index >= 15 is 0 Å². The first kappa shape index (κ1) is 22.0. The monoisotopic (exact) mass is 350 g/mol. The van der Waals surface area contributed by atoms with Crippen LogP contribution in [0.25, 0.3) is 0 Å². The van der Waals surface area contributed by atoms with Crippen molar-refractivity contribution in [3.63, 3.8) is 0 Å². The quantitative estimate of drug-likeness (QED) is 0.290. The summed E-state index contributed by atoms with van der Waals surface area (Å²) in [4.78, 5) is 0. The van der Waals surface area contributed by atoms with Crippen LogP contribution in [0, 0.1) is 0 Å². The molecular weight excluding hydrogens is 326 g/mol. The van der Waals surface area contributed by atoms with E-state index in [0.29, 0.717) is 6.42 Å². The second kappa shape index (κ2) is 15.1.